The zero-order valence-corrected chi connectivity index (χ0v) is 11.4. The fourth-order valence-corrected chi connectivity index (χ4v) is 2.36. The topological polar surface area (TPSA) is 48.7 Å². The lowest BCUT2D eigenvalue weighted by atomic mass is 10.1. The van der Waals surface area contributed by atoms with Gasteiger partial charge in [0.25, 0.3) is 0 Å². The fraction of sp³-hybridized carbons (Fsp3) is 0.312. The predicted octanol–water partition coefficient (Wildman–Crippen LogP) is 3.46. The van der Waals surface area contributed by atoms with Crippen molar-refractivity contribution in [1.29, 1.82) is 0 Å². The Morgan fingerprint density at radius 1 is 1.33 bits per heavy atom. The highest BCUT2D eigenvalue weighted by Gasteiger charge is 2.20. The molecule has 4 nitrogen and oxygen atoms in total. The minimum Gasteiger partial charge on any atom is -0.487 e. The highest BCUT2D eigenvalue weighted by atomic mass is 19.1. The average molecular weight is 290 g/mol. The molecule has 0 spiro atoms. The van der Waals surface area contributed by atoms with E-state index in [1.54, 1.807) is 18.2 Å². The normalized spacial score (nSPS) is 17.9. The summed E-state index contributed by atoms with van der Waals surface area (Å²) in [7, 11) is 0. The molecule has 0 aliphatic carbocycles. The van der Waals surface area contributed by atoms with Crippen molar-refractivity contribution < 1.29 is 23.1 Å². The van der Waals surface area contributed by atoms with E-state index in [9.17, 15) is 9.18 Å². The third-order valence-corrected chi connectivity index (χ3v) is 3.41. The second-order valence-corrected chi connectivity index (χ2v) is 4.88. The standard InChI is InChI=1S/C16H15FO4/c17-14-5-1-4-13(15-7-6-11(9-18)21-15)16(14)20-10-12-3-2-8-19-12/h1,4-7,9,12H,2-3,8,10H2. The Labute approximate surface area is 121 Å². The van der Waals surface area contributed by atoms with Gasteiger partial charge in [0, 0.05) is 6.61 Å². The number of benzene rings is 1. The summed E-state index contributed by atoms with van der Waals surface area (Å²) in [5.41, 5.74) is 0.487. The molecule has 0 N–H and O–H groups in total. The number of aldehydes is 1. The molecule has 2 aromatic rings. The number of halogens is 1. The van der Waals surface area contributed by atoms with E-state index in [0.717, 1.165) is 19.4 Å². The predicted molar refractivity (Wildman–Crippen MR) is 74.0 cm³/mol. The van der Waals surface area contributed by atoms with Gasteiger partial charge in [-0.15, -0.1) is 0 Å². The summed E-state index contributed by atoms with van der Waals surface area (Å²) in [6.45, 7) is 1.02. The van der Waals surface area contributed by atoms with Crippen LogP contribution in [0.2, 0.25) is 0 Å². The fourth-order valence-electron chi connectivity index (χ4n) is 2.36. The van der Waals surface area contributed by atoms with E-state index in [1.165, 1.54) is 12.1 Å². The van der Waals surface area contributed by atoms with Crippen LogP contribution in [0.15, 0.2) is 34.7 Å². The van der Waals surface area contributed by atoms with Crippen LogP contribution in [0.4, 0.5) is 4.39 Å². The molecule has 1 aromatic carbocycles. The maximum absolute atomic E-state index is 14.0. The Kier molecular flexibility index (Phi) is 4.01. The first-order chi connectivity index (χ1) is 10.3. The van der Waals surface area contributed by atoms with Gasteiger partial charge in [-0.3, -0.25) is 4.79 Å². The first-order valence-corrected chi connectivity index (χ1v) is 6.86. The molecule has 1 atom stereocenters. The molecule has 3 rings (SSSR count). The zero-order valence-electron chi connectivity index (χ0n) is 11.4. The van der Waals surface area contributed by atoms with Crippen LogP contribution >= 0.6 is 0 Å². The smallest absolute Gasteiger partial charge is 0.185 e. The molecule has 1 fully saturated rings. The van der Waals surface area contributed by atoms with Gasteiger partial charge in [0.2, 0.25) is 0 Å². The summed E-state index contributed by atoms with van der Waals surface area (Å²) in [4.78, 5) is 10.7. The van der Waals surface area contributed by atoms with Gasteiger partial charge in [0.1, 0.15) is 12.4 Å². The number of hydrogen-bond donors (Lipinski definition) is 0. The van der Waals surface area contributed by atoms with E-state index in [1.807, 2.05) is 0 Å². The van der Waals surface area contributed by atoms with Gasteiger partial charge in [0.15, 0.2) is 23.6 Å². The zero-order chi connectivity index (χ0) is 14.7. The molecule has 110 valence electrons. The SMILES string of the molecule is O=Cc1ccc(-c2cccc(F)c2OCC2CCCO2)o1. The van der Waals surface area contributed by atoms with Gasteiger partial charge in [-0.05, 0) is 37.1 Å². The van der Waals surface area contributed by atoms with Gasteiger partial charge in [0.05, 0.1) is 11.7 Å². The lowest BCUT2D eigenvalue weighted by molar-refractivity contribution is 0.0667. The van der Waals surface area contributed by atoms with Crippen LogP contribution in [0.5, 0.6) is 5.75 Å². The van der Waals surface area contributed by atoms with Crippen molar-refractivity contribution in [3.63, 3.8) is 0 Å². The maximum Gasteiger partial charge on any atom is 0.185 e. The van der Waals surface area contributed by atoms with Crippen LogP contribution in [0, 0.1) is 5.82 Å². The molecule has 5 heteroatoms. The Morgan fingerprint density at radius 2 is 2.24 bits per heavy atom. The van der Waals surface area contributed by atoms with E-state index in [4.69, 9.17) is 13.9 Å². The summed E-state index contributed by atoms with van der Waals surface area (Å²) in [6.07, 6.45) is 2.52. The Morgan fingerprint density at radius 3 is 2.95 bits per heavy atom. The van der Waals surface area contributed by atoms with E-state index >= 15 is 0 Å². The third kappa shape index (κ3) is 2.97. The van der Waals surface area contributed by atoms with Crippen molar-refractivity contribution in [3.05, 3.63) is 41.9 Å². The van der Waals surface area contributed by atoms with Gasteiger partial charge in [-0.2, -0.15) is 0 Å². The summed E-state index contributed by atoms with van der Waals surface area (Å²) in [6, 6.07) is 7.76. The maximum atomic E-state index is 14.0. The van der Waals surface area contributed by atoms with Gasteiger partial charge in [-0.25, -0.2) is 4.39 Å². The Bertz CT molecular complexity index is 629. The quantitative estimate of drug-likeness (QED) is 0.791. The number of para-hydroxylation sites is 1. The summed E-state index contributed by atoms with van der Waals surface area (Å²) < 4.78 is 30.4. The van der Waals surface area contributed by atoms with Crippen molar-refractivity contribution in [2.75, 3.05) is 13.2 Å². The van der Waals surface area contributed by atoms with E-state index in [0.29, 0.717) is 24.2 Å². The molecule has 0 saturated carbocycles. The molecular formula is C16H15FO4. The van der Waals surface area contributed by atoms with Crippen LogP contribution < -0.4 is 4.74 Å². The molecule has 1 aliphatic heterocycles. The molecule has 1 saturated heterocycles. The Balaban J connectivity index is 1.85. The number of rotatable bonds is 5. The second-order valence-electron chi connectivity index (χ2n) is 4.88. The summed E-state index contributed by atoms with van der Waals surface area (Å²) >= 11 is 0. The largest absolute Gasteiger partial charge is 0.487 e. The van der Waals surface area contributed by atoms with Crippen LogP contribution in [0.3, 0.4) is 0 Å². The van der Waals surface area contributed by atoms with Gasteiger partial charge < -0.3 is 13.9 Å². The van der Waals surface area contributed by atoms with E-state index < -0.39 is 5.82 Å². The van der Waals surface area contributed by atoms with Crippen LogP contribution in [0.1, 0.15) is 23.4 Å². The second kappa shape index (κ2) is 6.10. The van der Waals surface area contributed by atoms with E-state index in [2.05, 4.69) is 0 Å². The molecule has 1 aliphatic rings. The molecule has 0 amide bonds. The lowest BCUT2D eigenvalue weighted by Crippen LogP contribution is -2.17. The average Bonchev–Trinajstić information content (AvgIpc) is 3.17. The van der Waals surface area contributed by atoms with Gasteiger partial charge >= 0.3 is 0 Å². The van der Waals surface area contributed by atoms with Gasteiger partial charge in [-0.1, -0.05) is 6.07 Å². The minimum atomic E-state index is -0.463. The van der Waals surface area contributed by atoms with Crippen molar-refractivity contribution in [2.45, 2.75) is 18.9 Å². The lowest BCUT2D eigenvalue weighted by Gasteiger charge is -2.14. The first-order valence-electron chi connectivity index (χ1n) is 6.86. The van der Waals surface area contributed by atoms with Crippen LogP contribution in [0.25, 0.3) is 11.3 Å². The van der Waals surface area contributed by atoms with Crippen LogP contribution in [-0.4, -0.2) is 25.6 Å². The van der Waals surface area contributed by atoms with Crippen molar-refractivity contribution in [2.24, 2.45) is 0 Å². The van der Waals surface area contributed by atoms with Crippen LogP contribution in [-0.2, 0) is 4.74 Å². The highest BCUT2D eigenvalue weighted by molar-refractivity contribution is 5.74. The molecule has 1 unspecified atom stereocenters. The molecule has 0 radical (unpaired) electrons. The molecular weight excluding hydrogens is 275 g/mol. The highest BCUT2D eigenvalue weighted by Crippen LogP contribution is 2.33. The number of carbonyl (C=O) groups excluding carboxylic acids is 1. The van der Waals surface area contributed by atoms with Crippen molar-refractivity contribution in [3.8, 4) is 17.1 Å². The molecule has 1 aromatic heterocycles. The minimum absolute atomic E-state index is 0.000377. The third-order valence-electron chi connectivity index (χ3n) is 3.41. The summed E-state index contributed by atoms with van der Waals surface area (Å²) in [5.74, 6) is 0.257. The summed E-state index contributed by atoms with van der Waals surface area (Å²) in [5, 5.41) is 0. The Hall–Kier alpha value is -2.14. The van der Waals surface area contributed by atoms with E-state index in [-0.39, 0.29) is 17.6 Å². The number of ether oxygens (including phenoxy) is 2. The number of hydrogen-bond acceptors (Lipinski definition) is 4. The molecule has 0 bridgehead atoms. The monoisotopic (exact) mass is 290 g/mol. The number of furan rings is 1. The molecule has 21 heavy (non-hydrogen) atoms. The van der Waals surface area contributed by atoms with Crippen molar-refractivity contribution in [1.82, 2.24) is 0 Å². The van der Waals surface area contributed by atoms with Crippen molar-refractivity contribution >= 4 is 6.29 Å². The first kappa shape index (κ1) is 13.8. The number of carbonyl (C=O) groups is 1. The molecule has 2 heterocycles.